The molecule has 0 unspecified atom stereocenters. The Morgan fingerprint density at radius 2 is 1.51 bits per heavy atom. The first-order valence-electron chi connectivity index (χ1n) is 17.5. The summed E-state index contributed by atoms with van der Waals surface area (Å²) in [6, 6.07) is 9.15. The van der Waals surface area contributed by atoms with Crippen molar-refractivity contribution in [2.24, 2.45) is 17.8 Å². The second kappa shape index (κ2) is 14.3. The van der Waals surface area contributed by atoms with Crippen LogP contribution in [-0.4, -0.2) is 48.5 Å². The molecule has 1 aromatic carbocycles. The predicted octanol–water partition coefficient (Wildman–Crippen LogP) is 8.00. The molecule has 2 aromatic heterocycles. The molecule has 1 N–H and O–H groups in total. The summed E-state index contributed by atoms with van der Waals surface area (Å²) in [5.41, 5.74) is 3.36. The highest BCUT2D eigenvalue weighted by atomic mass is 31.2. The number of hydrogen-bond donors (Lipinski definition) is 1. The van der Waals surface area contributed by atoms with Crippen molar-refractivity contribution in [2.45, 2.75) is 131 Å². The van der Waals surface area contributed by atoms with Crippen LogP contribution in [0.2, 0.25) is 0 Å². The lowest BCUT2D eigenvalue weighted by atomic mass is 9.85. The van der Waals surface area contributed by atoms with Crippen LogP contribution in [0.15, 0.2) is 36.5 Å². The Hall–Kier alpha value is -3.11. The molecule has 2 aliphatic rings. The highest BCUT2D eigenvalue weighted by Gasteiger charge is 2.48. The average molecular weight is 696 g/mol. The first-order valence-corrected chi connectivity index (χ1v) is 19.0. The van der Waals surface area contributed by atoms with Crippen molar-refractivity contribution >= 4 is 19.5 Å². The third-order valence-electron chi connectivity index (χ3n) is 8.86. The van der Waals surface area contributed by atoms with Gasteiger partial charge in [0.2, 0.25) is 0 Å². The maximum absolute atomic E-state index is 14.0. The van der Waals surface area contributed by atoms with E-state index in [-0.39, 0.29) is 36.8 Å². The summed E-state index contributed by atoms with van der Waals surface area (Å²) < 4.78 is 34.3. The molecule has 3 aromatic rings. The fraction of sp³-hybridized carbons (Fsp3) is 0.622. The van der Waals surface area contributed by atoms with Crippen LogP contribution in [0.1, 0.15) is 115 Å². The Bertz CT molecular complexity index is 1660. The molecule has 1 atom stereocenters. The Balaban J connectivity index is 1.31. The van der Waals surface area contributed by atoms with E-state index in [1.807, 2.05) is 52.0 Å². The van der Waals surface area contributed by atoms with Gasteiger partial charge in [-0.25, -0.2) is 9.25 Å². The predicted molar refractivity (Wildman–Crippen MR) is 189 cm³/mol. The molecule has 12 heteroatoms. The fourth-order valence-corrected chi connectivity index (χ4v) is 8.35. The van der Waals surface area contributed by atoms with E-state index in [1.54, 1.807) is 63.2 Å². The minimum atomic E-state index is -3.92. The molecule has 0 saturated heterocycles. The van der Waals surface area contributed by atoms with Gasteiger partial charge in [-0.1, -0.05) is 24.3 Å². The molecule has 2 saturated carbocycles. The van der Waals surface area contributed by atoms with Gasteiger partial charge in [0.25, 0.3) is 5.91 Å². The molecule has 1 amide bonds. The van der Waals surface area contributed by atoms with Crippen molar-refractivity contribution in [1.29, 1.82) is 0 Å². The van der Waals surface area contributed by atoms with Crippen LogP contribution >= 0.6 is 7.82 Å². The second-order valence-electron chi connectivity index (χ2n) is 16.0. The zero-order valence-corrected chi connectivity index (χ0v) is 31.7. The molecule has 268 valence electrons. The van der Waals surface area contributed by atoms with Crippen molar-refractivity contribution in [3.8, 4) is 11.1 Å². The summed E-state index contributed by atoms with van der Waals surface area (Å²) in [4.78, 5) is 27.5. The molecular weight excluding hydrogens is 641 g/mol. The first kappa shape index (κ1) is 37.2. The van der Waals surface area contributed by atoms with Gasteiger partial charge in [-0.2, -0.15) is 10.2 Å². The van der Waals surface area contributed by atoms with Gasteiger partial charge in [0, 0.05) is 29.9 Å². The van der Waals surface area contributed by atoms with Crippen molar-refractivity contribution in [2.75, 3.05) is 0 Å². The number of nitrogens with zero attached hydrogens (tertiary/aromatic N) is 4. The maximum Gasteiger partial charge on any atom is 0.477 e. The van der Waals surface area contributed by atoms with Gasteiger partial charge >= 0.3 is 7.82 Å². The molecular formula is C37H54N5O6P. The van der Waals surface area contributed by atoms with Gasteiger partial charge in [-0.15, -0.1) is 0 Å². The molecule has 5 rings (SSSR count). The Kier molecular flexibility index (Phi) is 10.8. The highest BCUT2D eigenvalue weighted by molar-refractivity contribution is 7.48. The Morgan fingerprint density at radius 3 is 2.02 bits per heavy atom. The molecule has 2 heterocycles. The zero-order chi connectivity index (χ0) is 35.9. The largest absolute Gasteiger partial charge is 0.477 e. The quantitative estimate of drug-likeness (QED) is 0.159. The number of phosphoric ester groups is 1. The van der Waals surface area contributed by atoms with Crippen LogP contribution in [-0.2, 0) is 36.1 Å². The molecule has 11 nitrogen and oxygen atoms in total. The summed E-state index contributed by atoms with van der Waals surface area (Å²) >= 11 is 0. The number of amides is 1. The SMILES string of the molecule is Cc1nn(COP(=O)(OC(C)(C)C)OC(C)(C)C)c(C)c1-c1ccc(CC(=O)[C@@H](NC(=O)c2ccnn2C(C)C)C(C2CC2)C2CC2)cc1. The zero-order valence-electron chi connectivity index (χ0n) is 30.8. The van der Waals surface area contributed by atoms with Gasteiger partial charge in [-0.3, -0.25) is 27.8 Å². The topological polar surface area (TPSA) is 127 Å². The lowest BCUT2D eigenvalue weighted by Gasteiger charge is -2.30. The second-order valence-corrected chi connectivity index (χ2v) is 17.5. The van der Waals surface area contributed by atoms with Gasteiger partial charge in [0.1, 0.15) is 5.69 Å². The van der Waals surface area contributed by atoms with Gasteiger partial charge in [-0.05, 0) is 130 Å². The maximum atomic E-state index is 14.0. The summed E-state index contributed by atoms with van der Waals surface area (Å²) in [5, 5.41) is 12.2. The average Bonchev–Trinajstić information content (AvgIpc) is 3.91. The Labute approximate surface area is 291 Å². The summed E-state index contributed by atoms with van der Waals surface area (Å²) in [5.74, 6) is 0.933. The third kappa shape index (κ3) is 9.57. The smallest absolute Gasteiger partial charge is 0.341 e. The molecule has 0 bridgehead atoms. The van der Waals surface area contributed by atoms with E-state index in [9.17, 15) is 14.2 Å². The van der Waals surface area contributed by atoms with Crippen LogP contribution in [0.4, 0.5) is 0 Å². The number of benzene rings is 1. The van der Waals surface area contributed by atoms with Crippen LogP contribution in [0.25, 0.3) is 11.1 Å². The number of hydrogen-bond acceptors (Lipinski definition) is 8. The van der Waals surface area contributed by atoms with Crippen LogP contribution in [0.3, 0.4) is 0 Å². The molecule has 0 aliphatic heterocycles. The molecule has 2 aliphatic carbocycles. The van der Waals surface area contributed by atoms with E-state index < -0.39 is 25.1 Å². The number of nitrogens with one attached hydrogen (secondary N) is 1. The number of rotatable bonds is 15. The summed E-state index contributed by atoms with van der Waals surface area (Å²) in [6.45, 7) is 18.5. The minimum absolute atomic E-state index is 0.0321. The minimum Gasteiger partial charge on any atom is -0.341 e. The summed E-state index contributed by atoms with van der Waals surface area (Å²) in [6.07, 6.45) is 6.31. The van der Waals surface area contributed by atoms with E-state index in [0.29, 0.717) is 17.5 Å². The number of phosphoric acid groups is 1. The number of aryl methyl sites for hydroxylation is 1. The standard InChI is InChI=1S/C37H54N5O6P/c1-23(2)42-30(19-20-38-42)35(44)39-34(33(28-15-16-28)29-17-18-29)31(43)21-26-11-13-27(14-12-26)32-24(3)40-41(25(32)4)22-46-49(45,47-36(5,6)7)48-37(8,9)10/h11-14,19-20,23,28-29,33-34H,15-18,21-22H2,1-10H3,(H,39,44)/t34-/m1/s1. The molecule has 49 heavy (non-hydrogen) atoms. The van der Waals surface area contributed by atoms with Crippen molar-refractivity contribution in [3.63, 3.8) is 0 Å². The van der Waals surface area contributed by atoms with Crippen LogP contribution in [0.5, 0.6) is 0 Å². The van der Waals surface area contributed by atoms with Crippen molar-refractivity contribution < 1.29 is 27.7 Å². The van der Waals surface area contributed by atoms with Gasteiger partial charge in [0.05, 0.1) is 22.9 Å². The van der Waals surface area contributed by atoms with Gasteiger partial charge < -0.3 is 5.32 Å². The Morgan fingerprint density at radius 1 is 0.939 bits per heavy atom. The number of aromatic nitrogens is 4. The monoisotopic (exact) mass is 695 g/mol. The van der Waals surface area contributed by atoms with Crippen LogP contribution < -0.4 is 5.32 Å². The normalized spacial score (nSPS) is 16.4. The summed E-state index contributed by atoms with van der Waals surface area (Å²) in [7, 11) is -3.92. The lowest BCUT2D eigenvalue weighted by molar-refractivity contribution is -0.122. The van der Waals surface area contributed by atoms with E-state index in [0.717, 1.165) is 53.8 Å². The highest BCUT2D eigenvalue weighted by Crippen LogP contribution is 2.56. The molecule has 0 radical (unpaired) electrons. The number of Topliss-reactive ketones (excluding diaryl/α,β-unsaturated/α-hetero) is 1. The van der Waals surface area contributed by atoms with Gasteiger partial charge in [0.15, 0.2) is 12.5 Å². The van der Waals surface area contributed by atoms with E-state index in [1.165, 1.54) is 0 Å². The van der Waals surface area contributed by atoms with E-state index in [2.05, 4.69) is 15.5 Å². The third-order valence-corrected chi connectivity index (χ3v) is 10.8. The first-order chi connectivity index (χ1) is 22.8. The van der Waals surface area contributed by atoms with E-state index in [4.69, 9.17) is 13.6 Å². The number of carbonyl (C=O) groups is 2. The number of carbonyl (C=O) groups excluding carboxylic acids is 2. The van der Waals surface area contributed by atoms with E-state index >= 15 is 0 Å². The number of ketones is 1. The van der Waals surface area contributed by atoms with Crippen molar-refractivity contribution in [3.05, 3.63) is 59.2 Å². The van der Waals surface area contributed by atoms with Crippen LogP contribution in [0, 0.1) is 31.6 Å². The molecule has 0 spiro atoms. The van der Waals surface area contributed by atoms with Crippen molar-refractivity contribution in [1.82, 2.24) is 24.9 Å². The lowest BCUT2D eigenvalue weighted by Crippen LogP contribution is -2.48. The molecule has 2 fully saturated rings. The fourth-order valence-electron chi connectivity index (χ4n) is 6.61.